The maximum atomic E-state index is 6.33. The number of thiazole rings is 1. The summed E-state index contributed by atoms with van der Waals surface area (Å²) in [6.07, 6.45) is 0.813. The average molecular weight is 297 g/mol. The van der Waals surface area contributed by atoms with Crippen molar-refractivity contribution >= 4 is 27.2 Å². The minimum atomic E-state index is -0.0485. The topological polar surface area (TPSA) is 42.1 Å². The van der Waals surface area contributed by atoms with Crippen LogP contribution in [0.2, 0.25) is 0 Å². The molecule has 1 unspecified atom stereocenters. The number of nitrogens with two attached hydrogens (primary N) is 1. The molecule has 0 saturated carbocycles. The molecule has 0 aliphatic heterocycles. The summed E-state index contributed by atoms with van der Waals surface area (Å²) in [5.74, 6) is 0. The Hall–Kier alpha value is -1.91. The van der Waals surface area contributed by atoms with Crippen molar-refractivity contribution in [3.63, 3.8) is 0 Å². The lowest BCUT2D eigenvalue weighted by Gasteiger charge is -2.13. The fraction of sp³-hybridized carbons (Fsp3) is 0.235. The van der Waals surface area contributed by atoms with Gasteiger partial charge in [-0.2, -0.15) is 0 Å². The first-order valence-corrected chi connectivity index (χ1v) is 7.82. The molecule has 0 saturated heterocycles. The Morgan fingerprint density at radius 1 is 1.10 bits per heavy atom. The van der Waals surface area contributed by atoms with Gasteiger partial charge in [-0.1, -0.05) is 24.3 Å². The van der Waals surface area contributed by atoms with Gasteiger partial charge in [0.2, 0.25) is 0 Å². The van der Waals surface area contributed by atoms with E-state index in [9.17, 15) is 0 Å². The van der Waals surface area contributed by atoms with Crippen LogP contribution in [0.25, 0.3) is 10.2 Å². The van der Waals surface area contributed by atoms with Gasteiger partial charge in [0, 0.05) is 19.8 Å². The third kappa shape index (κ3) is 3.06. The fourth-order valence-electron chi connectivity index (χ4n) is 2.32. The van der Waals surface area contributed by atoms with Gasteiger partial charge in [0.15, 0.2) is 0 Å². The molecule has 0 radical (unpaired) electrons. The SMILES string of the molecule is CN(C)c1ccc(CC(N)c2nc3ccccc3s2)cc1. The van der Waals surface area contributed by atoms with Crippen LogP contribution in [0.1, 0.15) is 16.6 Å². The highest BCUT2D eigenvalue weighted by Crippen LogP contribution is 2.27. The van der Waals surface area contributed by atoms with E-state index in [0.717, 1.165) is 16.9 Å². The number of hydrogen-bond donors (Lipinski definition) is 1. The van der Waals surface area contributed by atoms with Gasteiger partial charge >= 0.3 is 0 Å². The lowest BCUT2D eigenvalue weighted by Crippen LogP contribution is -2.13. The summed E-state index contributed by atoms with van der Waals surface area (Å²) in [5, 5.41) is 1.01. The molecule has 0 fully saturated rings. The van der Waals surface area contributed by atoms with E-state index >= 15 is 0 Å². The highest BCUT2D eigenvalue weighted by atomic mass is 32.1. The van der Waals surface area contributed by atoms with Crippen LogP contribution in [0.5, 0.6) is 0 Å². The van der Waals surface area contributed by atoms with Crippen molar-refractivity contribution in [1.29, 1.82) is 0 Å². The summed E-state index contributed by atoms with van der Waals surface area (Å²) in [7, 11) is 4.09. The first-order chi connectivity index (χ1) is 10.1. The van der Waals surface area contributed by atoms with E-state index < -0.39 is 0 Å². The molecule has 4 heteroatoms. The number of anilines is 1. The van der Waals surface area contributed by atoms with Crippen LogP contribution in [0.4, 0.5) is 5.69 Å². The molecule has 2 aromatic carbocycles. The second kappa shape index (κ2) is 5.84. The van der Waals surface area contributed by atoms with Crippen LogP contribution in [-0.4, -0.2) is 19.1 Å². The standard InChI is InChI=1S/C17H19N3S/c1-20(2)13-9-7-12(8-10-13)11-14(18)17-19-15-5-3-4-6-16(15)21-17/h3-10,14H,11,18H2,1-2H3. The second-order valence-corrected chi connectivity index (χ2v) is 6.45. The highest BCUT2D eigenvalue weighted by molar-refractivity contribution is 7.18. The van der Waals surface area contributed by atoms with Crippen molar-refractivity contribution in [2.45, 2.75) is 12.5 Å². The maximum absolute atomic E-state index is 6.33. The molecule has 108 valence electrons. The van der Waals surface area contributed by atoms with Gasteiger partial charge in [-0.15, -0.1) is 11.3 Å². The number of aromatic nitrogens is 1. The number of fused-ring (bicyclic) bond motifs is 1. The van der Waals surface area contributed by atoms with Crippen molar-refractivity contribution in [3.05, 3.63) is 59.1 Å². The van der Waals surface area contributed by atoms with E-state index in [1.54, 1.807) is 11.3 Å². The minimum absolute atomic E-state index is 0.0485. The summed E-state index contributed by atoms with van der Waals surface area (Å²) in [6, 6.07) is 16.7. The minimum Gasteiger partial charge on any atom is -0.378 e. The predicted octanol–water partition coefficient (Wildman–Crippen LogP) is 3.60. The monoisotopic (exact) mass is 297 g/mol. The van der Waals surface area contributed by atoms with E-state index in [2.05, 4.69) is 40.2 Å². The largest absolute Gasteiger partial charge is 0.378 e. The Bertz CT molecular complexity index is 698. The van der Waals surface area contributed by atoms with Crippen molar-refractivity contribution < 1.29 is 0 Å². The summed E-state index contributed by atoms with van der Waals surface area (Å²) in [5.41, 5.74) is 9.81. The molecule has 2 N–H and O–H groups in total. The number of rotatable bonds is 4. The van der Waals surface area contributed by atoms with Gasteiger partial charge in [-0.3, -0.25) is 0 Å². The molecule has 0 spiro atoms. The van der Waals surface area contributed by atoms with Crippen molar-refractivity contribution in [2.75, 3.05) is 19.0 Å². The summed E-state index contributed by atoms with van der Waals surface area (Å²) >= 11 is 1.69. The third-order valence-electron chi connectivity index (χ3n) is 3.54. The molecule has 1 heterocycles. The van der Waals surface area contributed by atoms with Crippen LogP contribution in [0.15, 0.2) is 48.5 Å². The third-order valence-corrected chi connectivity index (χ3v) is 4.70. The summed E-state index contributed by atoms with van der Waals surface area (Å²) in [6.45, 7) is 0. The number of benzene rings is 2. The maximum Gasteiger partial charge on any atom is 0.111 e. The average Bonchev–Trinajstić information content (AvgIpc) is 2.92. The zero-order chi connectivity index (χ0) is 14.8. The predicted molar refractivity (Wildman–Crippen MR) is 91.0 cm³/mol. The fourth-order valence-corrected chi connectivity index (χ4v) is 3.29. The van der Waals surface area contributed by atoms with Gasteiger partial charge in [-0.25, -0.2) is 4.98 Å². The second-order valence-electron chi connectivity index (χ2n) is 5.39. The Balaban J connectivity index is 1.77. The number of nitrogens with zero attached hydrogens (tertiary/aromatic N) is 2. The van der Waals surface area contributed by atoms with Gasteiger partial charge in [0.1, 0.15) is 5.01 Å². The molecule has 0 bridgehead atoms. The lowest BCUT2D eigenvalue weighted by atomic mass is 10.1. The van der Waals surface area contributed by atoms with Crippen LogP contribution >= 0.6 is 11.3 Å². The summed E-state index contributed by atoms with van der Waals surface area (Å²) < 4.78 is 1.20. The van der Waals surface area contributed by atoms with Crippen LogP contribution in [-0.2, 0) is 6.42 Å². The first kappa shape index (κ1) is 14.0. The normalized spacial score (nSPS) is 12.5. The van der Waals surface area contributed by atoms with Crippen molar-refractivity contribution in [2.24, 2.45) is 5.73 Å². The Morgan fingerprint density at radius 3 is 2.48 bits per heavy atom. The van der Waals surface area contributed by atoms with Crippen LogP contribution < -0.4 is 10.6 Å². The quantitative estimate of drug-likeness (QED) is 0.800. The van der Waals surface area contributed by atoms with Crippen molar-refractivity contribution in [3.8, 4) is 0 Å². The first-order valence-electron chi connectivity index (χ1n) is 7.01. The molecule has 0 aliphatic rings. The highest BCUT2D eigenvalue weighted by Gasteiger charge is 2.12. The molecule has 1 aromatic heterocycles. The number of para-hydroxylation sites is 1. The smallest absolute Gasteiger partial charge is 0.111 e. The lowest BCUT2D eigenvalue weighted by molar-refractivity contribution is 0.717. The molecule has 3 rings (SSSR count). The summed E-state index contributed by atoms with van der Waals surface area (Å²) in [4.78, 5) is 6.73. The molecule has 3 aromatic rings. The molecular weight excluding hydrogens is 278 g/mol. The Morgan fingerprint density at radius 2 is 1.81 bits per heavy atom. The van der Waals surface area contributed by atoms with E-state index in [4.69, 9.17) is 5.73 Å². The molecule has 3 nitrogen and oxygen atoms in total. The molecule has 0 aliphatic carbocycles. The van der Waals surface area contributed by atoms with Crippen molar-refractivity contribution in [1.82, 2.24) is 4.98 Å². The number of hydrogen-bond acceptors (Lipinski definition) is 4. The van der Waals surface area contributed by atoms with E-state index in [1.165, 1.54) is 16.0 Å². The van der Waals surface area contributed by atoms with E-state index in [1.807, 2.05) is 32.3 Å². The van der Waals surface area contributed by atoms with Crippen LogP contribution in [0.3, 0.4) is 0 Å². The zero-order valence-electron chi connectivity index (χ0n) is 12.3. The molecule has 1 atom stereocenters. The molecule has 21 heavy (non-hydrogen) atoms. The van der Waals surface area contributed by atoms with E-state index in [-0.39, 0.29) is 6.04 Å². The van der Waals surface area contributed by atoms with Gasteiger partial charge in [0.25, 0.3) is 0 Å². The zero-order valence-corrected chi connectivity index (χ0v) is 13.1. The van der Waals surface area contributed by atoms with E-state index in [0.29, 0.717) is 0 Å². The van der Waals surface area contributed by atoms with Crippen LogP contribution in [0, 0.1) is 0 Å². The Kier molecular flexibility index (Phi) is 3.90. The van der Waals surface area contributed by atoms with Gasteiger partial charge < -0.3 is 10.6 Å². The molecular formula is C17H19N3S. The van der Waals surface area contributed by atoms with Gasteiger partial charge in [0.05, 0.1) is 16.3 Å². The Labute approximate surface area is 129 Å². The molecule has 0 amide bonds. The van der Waals surface area contributed by atoms with Gasteiger partial charge in [-0.05, 0) is 36.2 Å².